The molecular formula is C51H30N4OS. The largest absolute Gasteiger partial charge is 0.453 e. The molecule has 0 aliphatic carbocycles. The van der Waals surface area contributed by atoms with Gasteiger partial charge in [0.1, 0.15) is 5.58 Å². The molecular weight excluding hydrogens is 717 g/mol. The Balaban J connectivity index is 1.10. The van der Waals surface area contributed by atoms with Crippen molar-refractivity contribution < 1.29 is 4.42 Å². The quantitative estimate of drug-likeness (QED) is 0.176. The molecule has 0 saturated heterocycles. The standard InChI is InChI=1S/C51H30N4OS/c1-4-13-31(14-5-1)49-52-50(32-15-6-2-7-16-32)54-51(53-49)42-21-12-20-40-41-28-27-39-36-25-23-33(34-24-26-38-37-19-10-11-22-44(37)57-45(38)30-34)29-43(36)55(35-17-8-3-9-18-35)46(39)48(41)56-47(40)42/h1-30H. The summed E-state index contributed by atoms with van der Waals surface area (Å²) in [5.41, 5.74) is 9.81. The van der Waals surface area contributed by atoms with E-state index in [0.29, 0.717) is 17.5 Å². The number of hydrogen-bond donors (Lipinski definition) is 0. The number of aromatic nitrogens is 4. The van der Waals surface area contributed by atoms with Crippen LogP contribution in [0.5, 0.6) is 0 Å². The lowest BCUT2D eigenvalue weighted by atomic mass is 10.0. The van der Waals surface area contributed by atoms with Crippen molar-refractivity contribution in [1.29, 1.82) is 0 Å². The normalized spacial score (nSPS) is 11.9. The lowest BCUT2D eigenvalue weighted by Crippen LogP contribution is -2.00. The van der Waals surface area contributed by atoms with Crippen LogP contribution in [0.1, 0.15) is 0 Å². The average Bonchev–Trinajstić information content (AvgIpc) is 3.96. The van der Waals surface area contributed by atoms with E-state index in [2.05, 4.69) is 120 Å². The maximum absolute atomic E-state index is 7.11. The third kappa shape index (κ3) is 5.04. The predicted molar refractivity (Wildman–Crippen MR) is 236 cm³/mol. The van der Waals surface area contributed by atoms with Crippen molar-refractivity contribution in [2.24, 2.45) is 0 Å². The van der Waals surface area contributed by atoms with Crippen LogP contribution in [0.4, 0.5) is 0 Å². The molecule has 0 saturated carbocycles. The fraction of sp³-hybridized carbons (Fsp3) is 0. The van der Waals surface area contributed by atoms with Crippen molar-refractivity contribution in [3.63, 3.8) is 0 Å². The Morgan fingerprint density at radius 1 is 0.386 bits per heavy atom. The van der Waals surface area contributed by atoms with Crippen LogP contribution in [-0.4, -0.2) is 19.5 Å². The third-order valence-corrected chi connectivity index (χ3v) is 12.2. The first-order valence-corrected chi connectivity index (χ1v) is 19.8. The molecule has 8 aromatic carbocycles. The van der Waals surface area contributed by atoms with E-state index in [1.165, 1.54) is 36.7 Å². The minimum atomic E-state index is 0.562. The molecule has 0 aliphatic heterocycles. The molecule has 12 aromatic rings. The van der Waals surface area contributed by atoms with E-state index < -0.39 is 0 Å². The number of hydrogen-bond acceptors (Lipinski definition) is 5. The molecule has 0 bridgehead atoms. The maximum Gasteiger partial charge on any atom is 0.167 e. The summed E-state index contributed by atoms with van der Waals surface area (Å²) >= 11 is 1.85. The Kier molecular flexibility index (Phi) is 7.03. The molecule has 0 atom stereocenters. The number of furan rings is 1. The van der Waals surface area contributed by atoms with E-state index >= 15 is 0 Å². The Bertz CT molecular complexity index is 3460. The second-order valence-electron chi connectivity index (χ2n) is 14.4. The molecule has 4 heterocycles. The fourth-order valence-corrected chi connectivity index (χ4v) is 9.53. The van der Waals surface area contributed by atoms with Crippen molar-refractivity contribution in [3.05, 3.63) is 182 Å². The van der Waals surface area contributed by atoms with Gasteiger partial charge in [0.05, 0.1) is 16.6 Å². The van der Waals surface area contributed by atoms with Crippen LogP contribution < -0.4 is 0 Å². The molecule has 0 amide bonds. The third-order valence-electron chi connectivity index (χ3n) is 11.1. The number of fused-ring (bicyclic) bond motifs is 10. The highest BCUT2D eigenvalue weighted by molar-refractivity contribution is 7.25. The van der Waals surface area contributed by atoms with Crippen LogP contribution in [0.25, 0.3) is 115 Å². The molecule has 5 nitrogen and oxygen atoms in total. The van der Waals surface area contributed by atoms with E-state index in [1.54, 1.807) is 0 Å². The molecule has 12 rings (SSSR count). The maximum atomic E-state index is 7.11. The van der Waals surface area contributed by atoms with Gasteiger partial charge in [-0.25, -0.2) is 15.0 Å². The smallest absolute Gasteiger partial charge is 0.167 e. The molecule has 0 radical (unpaired) electrons. The molecule has 0 unspecified atom stereocenters. The van der Waals surface area contributed by atoms with E-state index in [-0.39, 0.29) is 0 Å². The summed E-state index contributed by atoms with van der Waals surface area (Å²) in [6, 6.07) is 63.8. The van der Waals surface area contributed by atoms with Crippen LogP contribution in [0.15, 0.2) is 186 Å². The van der Waals surface area contributed by atoms with Gasteiger partial charge in [-0.3, -0.25) is 0 Å². The van der Waals surface area contributed by atoms with Gasteiger partial charge in [-0.05, 0) is 53.6 Å². The Labute approximate surface area is 330 Å². The summed E-state index contributed by atoms with van der Waals surface area (Å²) in [6.07, 6.45) is 0. The highest BCUT2D eigenvalue weighted by Crippen LogP contribution is 2.44. The summed E-state index contributed by atoms with van der Waals surface area (Å²) in [4.78, 5) is 15.1. The summed E-state index contributed by atoms with van der Waals surface area (Å²) < 4.78 is 12.1. The van der Waals surface area contributed by atoms with Gasteiger partial charge in [-0.15, -0.1) is 11.3 Å². The van der Waals surface area contributed by atoms with Gasteiger partial charge < -0.3 is 8.98 Å². The van der Waals surface area contributed by atoms with Crippen LogP contribution in [0.3, 0.4) is 0 Å². The first-order chi connectivity index (χ1) is 28.2. The van der Waals surface area contributed by atoms with E-state index in [4.69, 9.17) is 19.4 Å². The minimum absolute atomic E-state index is 0.562. The van der Waals surface area contributed by atoms with Gasteiger partial charge in [-0.2, -0.15) is 0 Å². The second kappa shape index (κ2) is 12.6. The minimum Gasteiger partial charge on any atom is -0.453 e. The number of thiophene rings is 1. The van der Waals surface area contributed by atoms with Crippen molar-refractivity contribution in [1.82, 2.24) is 19.5 Å². The highest BCUT2D eigenvalue weighted by atomic mass is 32.1. The molecule has 57 heavy (non-hydrogen) atoms. The lowest BCUT2D eigenvalue weighted by molar-refractivity contribution is 0.671. The van der Waals surface area contributed by atoms with Crippen LogP contribution in [0, 0.1) is 0 Å². The number of benzene rings is 8. The first-order valence-electron chi connectivity index (χ1n) is 19.0. The highest BCUT2D eigenvalue weighted by Gasteiger charge is 2.22. The summed E-state index contributed by atoms with van der Waals surface area (Å²) in [5.74, 6) is 1.79. The summed E-state index contributed by atoms with van der Waals surface area (Å²) in [5, 5.41) is 6.96. The van der Waals surface area contributed by atoms with Gasteiger partial charge >= 0.3 is 0 Å². The Morgan fingerprint density at radius 2 is 0.947 bits per heavy atom. The molecule has 6 heteroatoms. The van der Waals surface area contributed by atoms with Gasteiger partial charge in [0.25, 0.3) is 0 Å². The van der Waals surface area contributed by atoms with Crippen LogP contribution >= 0.6 is 11.3 Å². The van der Waals surface area contributed by atoms with Crippen molar-refractivity contribution in [2.75, 3.05) is 0 Å². The zero-order chi connectivity index (χ0) is 37.5. The SMILES string of the molecule is c1ccc(-c2nc(-c3ccccc3)nc(-c3cccc4c3oc3c4ccc4c5ccc(-c6ccc7c(c6)sc6ccccc67)cc5n(-c5ccccc5)c43)n2)cc1. The first kappa shape index (κ1) is 31.9. The molecule has 0 spiro atoms. The zero-order valence-electron chi connectivity index (χ0n) is 30.4. The molecule has 4 aromatic heterocycles. The molecule has 0 aliphatic rings. The summed E-state index contributed by atoms with van der Waals surface area (Å²) in [6.45, 7) is 0. The van der Waals surface area contributed by atoms with E-state index in [0.717, 1.165) is 60.7 Å². The van der Waals surface area contributed by atoms with Gasteiger partial charge in [0, 0.05) is 58.5 Å². The molecule has 0 fully saturated rings. The van der Waals surface area contributed by atoms with E-state index in [9.17, 15) is 0 Å². The zero-order valence-corrected chi connectivity index (χ0v) is 31.2. The Hall–Kier alpha value is -7.41. The van der Waals surface area contributed by atoms with Crippen molar-refractivity contribution in [3.8, 4) is 51.0 Å². The average molecular weight is 747 g/mol. The number of nitrogens with zero attached hydrogens (tertiary/aromatic N) is 4. The molecule has 0 N–H and O–H groups in total. The van der Waals surface area contributed by atoms with Gasteiger partial charge in [-0.1, -0.05) is 140 Å². The van der Waals surface area contributed by atoms with Crippen LogP contribution in [0.2, 0.25) is 0 Å². The fourth-order valence-electron chi connectivity index (χ4n) is 8.39. The number of para-hydroxylation sites is 2. The Morgan fingerprint density at radius 3 is 1.70 bits per heavy atom. The van der Waals surface area contributed by atoms with Gasteiger partial charge in [0.2, 0.25) is 0 Å². The lowest BCUT2D eigenvalue weighted by Gasteiger charge is -2.09. The van der Waals surface area contributed by atoms with E-state index in [1.807, 2.05) is 78.1 Å². The number of rotatable bonds is 5. The predicted octanol–water partition coefficient (Wildman–Crippen LogP) is 13.9. The van der Waals surface area contributed by atoms with Crippen molar-refractivity contribution in [2.45, 2.75) is 0 Å². The summed E-state index contributed by atoms with van der Waals surface area (Å²) in [7, 11) is 0. The van der Waals surface area contributed by atoms with Gasteiger partial charge in [0.15, 0.2) is 23.1 Å². The molecule has 266 valence electrons. The monoisotopic (exact) mass is 746 g/mol. The van der Waals surface area contributed by atoms with Crippen LogP contribution in [-0.2, 0) is 0 Å². The topological polar surface area (TPSA) is 56.7 Å². The van der Waals surface area contributed by atoms with Crippen molar-refractivity contribution >= 4 is 75.3 Å². The second-order valence-corrected chi connectivity index (χ2v) is 15.5.